The van der Waals surface area contributed by atoms with Gasteiger partial charge >= 0.3 is 0 Å². The minimum absolute atomic E-state index is 0.159. The molecule has 1 aliphatic carbocycles. The van der Waals surface area contributed by atoms with E-state index in [2.05, 4.69) is 5.32 Å². The van der Waals surface area contributed by atoms with E-state index >= 15 is 0 Å². The molecule has 0 heterocycles. The maximum absolute atomic E-state index is 12.6. The first-order chi connectivity index (χ1) is 15.2. The van der Waals surface area contributed by atoms with Gasteiger partial charge in [0.05, 0.1) is 33.5 Å². The predicted molar refractivity (Wildman–Crippen MR) is 126 cm³/mol. The zero-order valence-corrected chi connectivity index (χ0v) is 19.8. The van der Waals surface area contributed by atoms with Crippen molar-refractivity contribution in [2.45, 2.75) is 51.7 Å². The lowest BCUT2D eigenvalue weighted by Gasteiger charge is -2.22. The summed E-state index contributed by atoms with van der Waals surface area (Å²) in [6, 6.07) is 7.19. The van der Waals surface area contributed by atoms with Crippen LogP contribution in [0.25, 0.3) is 11.1 Å². The molecule has 32 heavy (non-hydrogen) atoms. The topological polar surface area (TPSA) is 92.0 Å². The van der Waals surface area contributed by atoms with E-state index in [4.69, 9.17) is 24.7 Å². The summed E-state index contributed by atoms with van der Waals surface area (Å²) in [5.41, 5.74) is 10.7. The Bertz CT molecular complexity index is 981. The molecule has 174 valence electrons. The average Bonchev–Trinajstić information content (AvgIpc) is 2.93. The Morgan fingerprint density at radius 1 is 1.03 bits per heavy atom. The number of hydrogen-bond donors (Lipinski definition) is 2. The summed E-state index contributed by atoms with van der Waals surface area (Å²) >= 11 is 0. The Hall–Kier alpha value is -2.77. The van der Waals surface area contributed by atoms with Crippen LogP contribution in [0.1, 0.15) is 38.3 Å². The second-order valence-electron chi connectivity index (χ2n) is 8.92. The smallest absolute Gasteiger partial charge is 0.243 e. The summed E-state index contributed by atoms with van der Waals surface area (Å²) in [6.07, 6.45) is 2.73. The first kappa shape index (κ1) is 23.9. The van der Waals surface area contributed by atoms with Crippen molar-refractivity contribution in [1.29, 1.82) is 0 Å². The van der Waals surface area contributed by atoms with Gasteiger partial charge in [0, 0.05) is 11.3 Å². The minimum Gasteiger partial charge on any atom is -0.493 e. The molecule has 0 spiro atoms. The van der Waals surface area contributed by atoms with Crippen molar-refractivity contribution in [2.24, 2.45) is 5.73 Å². The third kappa shape index (κ3) is 5.16. The molecule has 7 heteroatoms. The van der Waals surface area contributed by atoms with Crippen LogP contribution in [-0.4, -0.2) is 45.5 Å². The van der Waals surface area contributed by atoms with Crippen LogP contribution in [0.15, 0.2) is 24.3 Å². The lowest BCUT2D eigenvalue weighted by atomic mass is 9.94. The summed E-state index contributed by atoms with van der Waals surface area (Å²) in [5.74, 6) is 1.61. The second-order valence-corrected chi connectivity index (χ2v) is 8.92. The van der Waals surface area contributed by atoms with Crippen LogP contribution in [0, 0.1) is 0 Å². The second kappa shape index (κ2) is 9.79. The number of hydrogen-bond acceptors (Lipinski definition) is 6. The van der Waals surface area contributed by atoms with Crippen molar-refractivity contribution in [1.82, 2.24) is 0 Å². The quantitative estimate of drug-likeness (QED) is 0.675. The molecule has 0 bridgehead atoms. The molecule has 1 amide bonds. The molecule has 2 aromatic rings. The molecule has 2 aromatic carbocycles. The molecule has 1 aliphatic rings. The highest BCUT2D eigenvalue weighted by molar-refractivity contribution is 5.95. The summed E-state index contributed by atoms with van der Waals surface area (Å²) in [7, 11) is 4.87. The van der Waals surface area contributed by atoms with Crippen LogP contribution in [0.4, 0.5) is 5.69 Å². The van der Waals surface area contributed by atoms with E-state index in [0.29, 0.717) is 22.9 Å². The monoisotopic (exact) mass is 442 g/mol. The van der Waals surface area contributed by atoms with Gasteiger partial charge in [0.25, 0.3) is 0 Å². The predicted octanol–water partition coefficient (Wildman–Crippen LogP) is 3.95. The van der Waals surface area contributed by atoms with Gasteiger partial charge in [0.2, 0.25) is 11.7 Å². The van der Waals surface area contributed by atoms with Crippen molar-refractivity contribution in [3.8, 4) is 28.4 Å². The van der Waals surface area contributed by atoms with Gasteiger partial charge in [-0.05, 0) is 74.9 Å². The summed E-state index contributed by atoms with van der Waals surface area (Å²) in [5, 5.41) is 2.92. The maximum atomic E-state index is 12.6. The van der Waals surface area contributed by atoms with E-state index in [1.54, 1.807) is 21.3 Å². The highest BCUT2D eigenvalue weighted by atomic mass is 16.5. The number of anilines is 1. The number of ether oxygens (including phenoxy) is 4. The summed E-state index contributed by atoms with van der Waals surface area (Å²) < 4.78 is 22.5. The van der Waals surface area contributed by atoms with Gasteiger partial charge < -0.3 is 30.0 Å². The Morgan fingerprint density at radius 2 is 1.72 bits per heavy atom. The average molecular weight is 443 g/mol. The summed E-state index contributed by atoms with van der Waals surface area (Å²) in [4.78, 5) is 12.6. The molecule has 0 aliphatic heterocycles. The van der Waals surface area contributed by atoms with Gasteiger partial charge in [0.15, 0.2) is 11.5 Å². The third-order valence-electron chi connectivity index (χ3n) is 5.48. The minimum atomic E-state index is -0.745. The van der Waals surface area contributed by atoms with Crippen molar-refractivity contribution in [2.75, 3.05) is 33.3 Å². The van der Waals surface area contributed by atoms with E-state index in [-0.39, 0.29) is 18.1 Å². The molecule has 0 saturated heterocycles. The molecule has 7 nitrogen and oxygen atoms in total. The molecule has 0 fully saturated rings. The molecule has 0 saturated carbocycles. The highest BCUT2D eigenvalue weighted by Gasteiger charge is 2.26. The molecule has 0 aromatic heterocycles. The molecular weight excluding hydrogens is 408 g/mol. The van der Waals surface area contributed by atoms with Gasteiger partial charge in [0.1, 0.15) is 6.04 Å². The van der Waals surface area contributed by atoms with Gasteiger partial charge in [-0.1, -0.05) is 6.07 Å². The number of rotatable bonds is 7. The third-order valence-corrected chi connectivity index (χ3v) is 5.48. The fourth-order valence-corrected chi connectivity index (χ4v) is 3.94. The lowest BCUT2D eigenvalue weighted by Crippen LogP contribution is -2.41. The van der Waals surface area contributed by atoms with Gasteiger partial charge in [-0.2, -0.15) is 0 Å². The van der Waals surface area contributed by atoms with E-state index in [1.165, 1.54) is 0 Å². The van der Waals surface area contributed by atoms with Crippen LogP contribution in [-0.2, 0) is 22.4 Å². The summed E-state index contributed by atoms with van der Waals surface area (Å²) in [6.45, 7) is 5.95. The Kier molecular flexibility index (Phi) is 7.31. The van der Waals surface area contributed by atoms with Gasteiger partial charge in [-0.25, -0.2) is 0 Å². The fraction of sp³-hybridized carbons (Fsp3) is 0.480. The Labute approximate surface area is 190 Å². The van der Waals surface area contributed by atoms with Gasteiger partial charge in [-0.15, -0.1) is 0 Å². The van der Waals surface area contributed by atoms with Crippen LogP contribution in [0.2, 0.25) is 0 Å². The SMILES string of the molecule is COc1cc2c(c(OC)c1OC)-c1ccc(NC(=O)C(N)COC(C)(C)C)cc1CCC2. The first-order valence-corrected chi connectivity index (χ1v) is 10.8. The molecule has 0 radical (unpaired) electrons. The number of carbonyl (C=O) groups is 1. The van der Waals surface area contributed by atoms with Crippen molar-refractivity contribution < 1.29 is 23.7 Å². The van der Waals surface area contributed by atoms with Crippen LogP contribution in [0.3, 0.4) is 0 Å². The first-order valence-electron chi connectivity index (χ1n) is 10.8. The number of carbonyl (C=O) groups excluding carboxylic acids is 1. The number of nitrogens with one attached hydrogen (secondary N) is 1. The molecule has 3 N–H and O–H groups in total. The van der Waals surface area contributed by atoms with E-state index in [0.717, 1.165) is 41.5 Å². The van der Waals surface area contributed by atoms with Crippen molar-refractivity contribution >= 4 is 11.6 Å². The maximum Gasteiger partial charge on any atom is 0.243 e. The largest absolute Gasteiger partial charge is 0.493 e. The van der Waals surface area contributed by atoms with Gasteiger partial charge in [-0.3, -0.25) is 4.79 Å². The zero-order chi connectivity index (χ0) is 23.5. The van der Waals surface area contributed by atoms with Crippen molar-refractivity contribution in [3.05, 3.63) is 35.4 Å². The van der Waals surface area contributed by atoms with Crippen molar-refractivity contribution in [3.63, 3.8) is 0 Å². The molecule has 1 unspecified atom stereocenters. The van der Waals surface area contributed by atoms with Crippen LogP contribution in [0.5, 0.6) is 17.2 Å². The highest BCUT2D eigenvalue weighted by Crippen LogP contribution is 2.49. The molecule has 1 atom stereocenters. The Morgan fingerprint density at radius 3 is 2.34 bits per heavy atom. The van der Waals surface area contributed by atoms with E-state index in [9.17, 15) is 4.79 Å². The Balaban J connectivity index is 1.92. The van der Waals surface area contributed by atoms with Crippen LogP contribution < -0.4 is 25.3 Å². The number of fused-ring (bicyclic) bond motifs is 3. The fourth-order valence-electron chi connectivity index (χ4n) is 3.94. The van der Waals surface area contributed by atoms with E-state index < -0.39 is 6.04 Å². The normalized spacial score (nSPS) is 14.0. The number of benzene rings is 2. The number of amides is 1. The molecular formula is C25H34N2O5. The standard InChI is InChI=1S/C25H34N2O5/c1-25(2,3)32-14-19(26)24(28)27-17-10-11-18-15(12-17)8-7-9-16-13-20(29-4)22(30-5)23(31-6)21(16)18/h10-13,19H,7-9,14,26H2,1-6H3,(H,27,28). The number of aryl methyl sites for hydroxylation is 2. The molecule has 3 rings (SSSR count). The van der Waals surface area contributed by atoms with Crippen LogP contribution >= 0.6 is 0 Å². The lowest BCUT2D eigenvalue weighted by molar-refractivity contribution is -0.120. The number of methoxy groups -OCH3 is 3. The zero-order valence-electron chi connectivity index (χ0n) is 19.8. The number of nitrogens with two attached hydrogens (primary N) is 1. The van der Waals surface area contributed by atoms with E-state index in [1.807, 2.05) is 45.0 Å².